The van der Waals surface area contributed by atoms with Crippen LogP contribution in [0.1, 0.15) is 17.3 Å². The number of carbonyl (C=O) groups is 2. The summed E-state index contributed by atoms with van der Waals surface area (Å²) in [6.07, 6.45) is -0.344. The molecular formula is C15H20N2O4. The lowest BCUT2D eigenvalue weighted by Gasteiger charge is -2.33. The summed E-state index contributed by atoms with van der Waals surface area (Å²) in [7, 11) is 1.36. The van der Waals surface area contributed by atoms with Gasteiger partial charge in [-0.2, -0.15) is 0 Å². The SMILES string of the molecule is CCOc1ccc(C(=O)N2CCN(C(=O)OC)CC2)cc1. The molecule has 1 aromatic rings. The Kier molecular flexibility index (Phi) is 5.03. The Hall–Kier alpha value is -2.24. The second-order valence-corrected chi connectivity index (χ2v) is 4.71. The van der Waals surface area contributed by atoms with E-state index in [1.165, 1.54) is 7.11 Å². The molecule has 0 unspecified atom stereocenters. The highest BCUT2D eigenvalue weighted by Gasteiger charge is 2.25. The molecular weight excluding hydrogens is 272 g/mol. The van der Waals surface area contributed by atoms with Gasteiger partial charge in [0.1, 0.15) is 5.75 Å². The van der Waals surface area contributed by atoms with Crippen molar-refractivity contribution in [2.24, 2.45) is 0 Å². The lowest BCUT2D eigenvalue weighted by atomic mass is 10.1. The van der Waals surface area contributed by atoms with Gasteiger partial charge < -0.3 is 19.3 Å². The Morgan fingerprint density at radius 1 is 1.05 bits per heavy atom. The van der Waals surface area contributed by atoms with E-state index in [2.05, 4.69) is 4.74 Å². The van der Waals surface area contributed by atoms with E-state index in [0.717, 1.165) is 5.75 Å². The molecule has 0 bridgehead atoms. The molecule has 0 spiro atoms. The van der Waals surface area contributed by atoms with Gasteiger partial charge in [0.25, 0.3) is 5.91 Å². The molecule has 6 nitrogen and oxygen atoms in total. The topological polar surface area (TPSA) is 59.1 Å². The normalized spacial score (nSPS) is 14.8. The molecule has 21 heavy (non-hydrogen) atoms. The Morgan fingerprint density at radius 2 is 1.62 bits per heavy atom. The second-order valence-electron chi connectivity index (χ2n) is 4.71. The lowest BCUT2D eigenvalue weighted by Crippen LogP contribution is -2.50. The van der Waals surface area contributed by atoms with Crippen LogP contribution < -0.4 is 4.74 Å². The van der Waals surface area contributed by atoms with Gasteiger partial charge in [-0.05, 0) is 31.2 Å². The Balaban J connectivity index is 1.93. The molecule has 1 saturated heterocycles. The average molecular weight is 292 g/mol. The molecule has 0 atom stereocenters. The van der Waals surface area contributed by atoms with Crippen molar-refractivity contribution >= 4 is 12.0 Å². The summed E-state index contributed by atoms with van der Waals surface area (Å²) >= 11 is 0. The molecule has 0 saturated carbocycles. The van der Waals surface area contributed by atoms with Crippen molar-refractivity contribution in [2.45, 2.75) is 6.92 Å². The summed E-state index contributed by atoms with van der Waals surface area (Å²) in [4.78, 5) is 27.1. The number of hydrogen-bond acceptors (Lipinski definition) is 4. The third-order valence-corrected chi connectivity index (χ3v) is 3.41. The van der Waals surface area contributed by atoms with Crippen molar-refractivity contribution < 1.29 is 19.1 Å². The first-order chi connectivity index (χ1) is 10.2. The van der Waals surface area contributed by atoms with Crippen LogP contribution in [-0.2, 0) is 4.74 Å². The molecule has 2 amide bonds. The summed E-state index contributed by atoms with van der Waals surface area (Å²) in [6, 6.07) is 7.11. The van der Waals surface area contributed by atoms with Gasteiger partial charge in [-0.15, -0.1) is 0 Å². The Morgan fingerprint density at radius 3 is 2.14 bits per heavy atom. The van der Waals surface area contributed by atoms with Crippen LogP contribution >= 0.6 is 0 Å². The van der Waals surface area contributed by atoms with Crippen molar-refractivity contribution in [1.82, 2.24) is 9.80 Å². The molecule has 114 valence electrons. The minimum atomic E-state index is -0.344. The maximum absolute atomic E-state index is 12.4. The quantitative estimate of drug-likeness (QED) is 0.849. The van der Waals surface area contributed by atoms with Crippen molar-refractivity contribution in [3.05, 3.63) is 29.8 Å². The number of benzene rings is 1. The third-order valence-electron chi connectivity index (χ3n) is 3.41. The number of carbonyl (C=O) groups excluding carboxylic acids is 2. The molecule has 2 rings (SSSR count). The lowest BCUT2D eigenvalue weighted by molar-refractivity contribution is 0.0599. The summed E-state index contributed by atoms with van der Waals surface area (Å²) < 4.78 is 10.0. The maximum Gasteiger partial charge on any atom is 0.409 e. The zero-order valence-corrected chi connectivity index (χ0v) is 12.4. The van der Waals surface area contributed by atoms with Crippen molar-refractivity contribution in [3.63, 3.8) is 0 Å². The highest BCUT2D eigenvalue weighted by atomic mass is 16.5. The van der Waals surface area contributed by atoms with Gasteiger partial charge in [0.05, 0.1) is 13.7 Å². The molecule has 0 radical (unpaired) electrons. The summed E-state index contributed by atoms with van der Waals surface area (Å²) in [5.74, 6) is 0.729. The largest absolute Gasteiger partial charge is 0.494 e. The zero-order chi connectivity index (χ0) is 15.2. The highest BCUT2D eigenvalue weighted by molar-refractivity contribution is 5.94. The van der Waals surface area contributed by atoms with Gasteiger partial charge in [0.15, 0.2) is 0 Å². The molecule has 1 heterocycles. The highest BCUT2D eigenvalue weighted by Crippen LogP contribution is 2.15. The summed E-state index contributed by atoms with van der Waals surface area (Å²) in [5, 5.41) is 0. The number of methoxy groups -OCH3 is 1. The van der Waals surface area contributed by atoms with Gasteiger partial charge in [0, 0.05) is 31.7 Å². The third kappa shape index (κ3) is 3.65. The molecule has 1 aliphatic rings. The number of amides is 2. The van der Waals surface area contributed by atoms with E-state index < -0.39 is 0 Å². The first kappa shape index (κ1) is 15.2. The van der Waals surface area contributed by atoms with Gasteiger partial charge in [-0.1, -0.05) is 0 Å². The smallest absolute Gasteiger partial charge is 0.409 e. The fourth-order valence-electron chi connectivity index (χ4n) is 2.26. The van der Waals surface area contributed by atoms with Crippen molar-refractivity contribution in [2.75, 3.05) is 39.9 Å². The van der Waals surface area contributed by atoms with E-state index in [1.54, 1.807) is 34.1 Å². The van der Waals surface area contributed by atoms with E-state index in [4.69, 9.17) is 4.74 Å². The number of nitrogens with zero attached hydrogens (tertiary/aromatic N) is 2. The summed E-state index contributed by atoms with van der Waals surface area (Å²) in [6.45, 7) is 4.54. The maximum atomic E-state index is 12.4. The monoisotopic (exact) mass is 292 g/mol. The number of hydrogen-bond donors (Lipinski definition) is 0. The van der Waals surface area contributed by atoms with Crippen molar-refractivity contribution in [3.8, 4) is 5.75 Å². The predicted molar refractivity (Wildman–Crippen MR) is 77.5 cm³/mol. The van der Waals surface area contributed by atoms with Crippen LogP contribution in [0.4, 0.5) is 4.79 Å². The first-order valence-electron chi connectivity index (χ1n) is 7.00. The van der Waals surface area contributed by atoms with E-state index in [0.29, 0.717) is 38.3 Å². The fraction of sp³-hybridized carbons (Fsp3) is 0.467. The fourth-order valence-corrected chi connectivity index (χ4v) is 2.26. The Labute approximate surface area is 124 Å². The molecule has 1 fully saturated rings. The van der Waals surface area contributed by atoms with E-state index in [-0.39, 0.29) is 12.0 Å². The molecule has 1 aromatic carbocycles. The molecule has 1 aliphatic heterocycles. The van der Waals surface area contributed by atoms with Crippen LogP contribution in [0, 0.1) is 0 Å². The number of piperazine rings is 1. The molecule has 0 aromatic heterocycles. The first-order valence-corrected chi connectivity index (χ1v) is 7.00. The second kappa shape index (κ2) is 6.97. The van der Waals surface area contributed by atoms with Gasteiger partial charge in [-0.3, -0.25) is 4.79 Å². The predicted octanol–water partition coefficient (Wildman–Crippen LogP) is 1.61. The van der Waals surface area contributed by atoms with E-state index >= 15 is 0 Å². The van der Waals surface area contributed by atoms with Gasteiger partial charge >= 0.3 is 6.09 Å². The minimum absolute atomic E-state index is 0.0254. The minimum Gasteiger partial charge on any atom is -0.494 e. The Bertz CT molecular complexity index is 493. The molecule has 0 N–H and O–H groups in total. The van der Waals surface area contributed by atoms with Crippen LogP contribution in [0.15, 0.2) is 24.3 Å². The number of rotatable bonds is 3. The van der Waals surface area contributed by atoms with Crippen LogP contribution in [-0.4, -0.2) is 61.7 Å². The standard InChI is InChI=1S/C15H20N2O4/c1-3-21-13-6-4-12(5-7-13)14(18)16-8-10-17(11-9-16)15(19)20-2/h4-7H,3,8-11H2,1-2H3. The van der Waals surface area contributed by atoms with E-state index in [9.17, 15) is 9.59 Å². The average Bonchev–Trinajstić information content (AvgIpc) is 2.54. The molecule has 6 heteroatoms. The van der Waals surface area contributed by atoms with Crippen LogP contribution in [0.25, 0.3) is 0 Å². The molecule has 0 aliphatic carbocycles. The number of ether oxygens (including phenoxy) is 2. The van der Waals surface area contributed by atoms with Gasteiger partial charge in [-0.25, -0.2) is 4.79 Å². The van der Waals surface area contributed by atoms with Crippen LogP contribution in [0.2, 0.25) is 0 Å². The van der Waals surface area contributed by atoms with Gasteiger partial charge in [0.2, 0.25) is 0 Å². The van der Waals surface area contributed by atoms with Crippen LogP contribution in [0.5, 0.6) is 5.75 Å². The zero-order valence-electron chi connectivity index (χ0n) is 12.4. The van der Waals surface area contributed by atoms with Crippen LogP contribution in [0.3, 0.4) is 0 Å². The summed E-state index contributed by atoms with van der Waals surface area (Å²) in [5.41, 5.74) is 0.630. The van der Waals surface area contributed by atoms with E-state index in [1.807, 2.05) is 6.92 Å². The van der Waals surface area contributed by atoms with Crippen molar-refractivity contribution in [1.29, 1.82) is 0 Å².